The lowest BCUT2D eigenvalue weighted by atomic mass is 10.1. The first-order valence-corrected chi connectivity index (χ1v) is 7.97. The maximum Gasteiger partial charge on any atom is 0.145 e. The molecule has 0 fully saturated rings. The van der Waals surface area contributed by atoms with Gasteiger partial charge < -0.3 is 5.11 Å². The van der Waals surface area contributed by atoms with Crippen molar-refractivity contribution in [2.45, 2.75) is 13.5 Å². The SMILES string of the molecule is Cc1cc(Cl)ccc1-c1ncc(CO)n1-c1ccc(Br)cc1. The summed E-state index contributed by atoms with van der Waals surface area (Å²) in [7, 11) is 0. The maximum atomic E-state index is 9.62. The molecule has 1 aromatic heterocycles. The lowest BCUT2D eigenvalue weighted by molar-refractivity contribution is 0.275. The number of aryl methyl sites for hydroxylation is 1. The number of aromatic nitrogens is 2. The Kier molecular flexibility index (Phi) is 4.34. The average Bonchev–Trinajstić information content (AvgIpc) is 2.92. The summed E-state index contributed by atoms with van der Waals surface area (Å²) in [5.74, 6) is 0.792. The normalized spacial score (nSPS) is 10.9. The number of halogens is 2. The fourth-order valence-corrected chi connectivity index (χ4v) is 2.94. The van der Waals surface area contributed by atoms with Gasteiger partial charge in [-0.1, -0.05) is 27.5 Å². The zero-order valence-corrected chi connectivity index (χ0v) is 14.3. The molecule has 0 spiro atoms. The van der Waals surface area contributed by atoms with Crippen LogP contribution in [0.4, 0.5) is 0 Å². The Bertz CT molecular complexity index is 812. The van der Waals surface area contributed by atoms with E-state index < -0.39 is 0 Å². The second kappa shape index (κ2) is 6.24. The highest BCUT2D eigenvalue weighted by atomic mass is 79.9. The van der Waals surface area contributed by atoms with Crippen LogP contribution in [0.25, 0.3) is 17.1 Å². The van der Waals surface area contributed by atoms with E-state index in [1.807, 2.05) is 54.0 Å². The minimum Gasteiger partial charge on any atom is -0.390 e. The summed E-state index contributed by atoms with van der Waals surface area (Å²) in [6.07, 6.45) is 1.70. The van der Waals surface area contributed by atoms with Gasteiger partial charge in [-0.15, -0.1) is 0 Å². The van der Waals surface area contributed by atoms with Crippen molar-refractivity contribution in [1.82, 2.24) is 9.55 Å². The molecule has 0 aliphatic heterocycles. The number of hydrogen-bond acceptors (Lipinski definition) is 2. The minimum absolute atomic E-state index is 0.0737. The fourth-order valence-electron chi connectivity index (χ4n) is 2.44. The van der Waals surface area contributed by atoms with Crippen molar-refractivity contribution in [2.24, 2.45) is 0 Å². The van der Waals surface area contributed by atoms with Gasteiger partial charge in [0.15, 0.2) is 0 Å². The molecule has 22 heavy (non-hydrogen) atoms. The van der Waals surface area contributed by atoms with Crippen molar-refractivity contribution in [3.8, 4) is 17.1 Å². The van der Waals surface area contributed by atoms with Crippen LogP contribution >= 0.6 is 27.5 Å². The predicted octanol–water partition coefficient (Wildman–Crippen LogP) is 4.76. The quantitative estimate of drug-likeness (QED) is 0.715. The molecule has 0 bridgehead atoms. The summed E-state index contributed by atoms with van der Waals surface area (Å²) in [5, 5.41) is 10.3. The number of benzene rings is 2. The topological polar surface area (TPSA) is 38.1 Å². The van der Waals surface area contributed by atoms with Gasteiger partial charge in [-0.25, -0.2) is 4.98 Å². The summed E-state index contributed by atoms with van der Waals surface area (Å²) in [4.78, 5) is 4.49. The van der Waals surface area contributed by atoms with Gasteiger partial charge in [0.2, 0.25) is 0 Å². The van der Waals surface area contributed by atoms with E-state index in [9.17, 15) is 5.11 Å². The summed E-state index contributed by atoms with van der Waals surface area (Å²) >= 11 is 9.48. The Labute approximate surface area is 142 Å². The molecule has 3 rings (SSSR count). The minimum atomic E-state index is -0.0737. The van der Waals surface area contributed by atoms with E-state index in [1.54, 1.807) is 6.20 Å². The molecule has 0 radical (unpaired) electrons. The molecule has 5 heteroatoms. The molecule has 112 valence electrons. The Morgan fingerprint density at radius 1 is 1.18 bits per heavy atom. The molecular formula is C17H14BrClN2O. The lowest BCUT2D eigenvalue weighted by Gasteiger charge is -2.13. The number of aliphatic hydroxyl groups excluding tert-OH is 1. The van der Waals surface area contributed by atoms with E-state index in [0.29, 0.717) is 5.02 Å². The number of aliphatic hydroxyl groups is 1. The summed E-state index contributed by atoms with van der Waals surface area (Å²) in [6.45, 7) is 1.93. The highest BCUT2D eigenvalue weighted by Gasteiger charge is 2.15. The molecule has 2 aromatic carbocycles. The molecule has 1 heterocycles. The van der Waals surface area contributed by atoms with Crippen LogP contribution in [0.1, 0.15) is 11.3 Å². The van der Waals surface area contributed by atoms with Crippen molar-refractivity contribution in [3.05, 3.63) is 69.4 Å². The molecule has 0 unspecified atom stereocenters. The first kappa shape index (κ1) is 15.3. The Morgan fingerprint density at radius 2 is 1.91 bits per heavy atom. The standard InChI is InChI=1S/C17H14BrClN2O/c1-11-8-13(19)4-7-16(11)17-20-9-15(10-22)21(17)14-5-2-12(18)3-6-14/h2-9,22H,10H2,1H3. The number of hydrogen-bond donors (Lipinski definition) is 1. The van der Waals surface area contributed by atoms with Crippen molar-refractivity contribution in [3.63, 3.8) is 0 Å². The van der Waals surface area contributed by atoms with Crippen molar-refractivity contribution in [2.75, 3.05) is 0 Å². The van der Waals surface area contributed by atoms with E-state index in [-0.39, 0.29) is 6.61 Å². The lowest BCUT2D eigenvalue weighted by Crippen LogP contribution is -2.03. The summed E-state index contributed by atoms with van der Waals surface area (Å²) in [5.41, 5.74) is 3.73. The molecule has 0 aliphatic rings. The molecule has 0 atom stereocenters. The van der Waals surface area contributed by atoms with Crippen LogP contribution in [-0.4, -0.2) is 14.7 Å². The first-order valence-electron chi connectivity index (χ1n) is 6.80. The van der Waals surface area contributed by atoms with E-state index in [2.05, 4.69) is 20.9 Å². The zero-order valence-electron chi connectivity index (χ0n) is 11.9. The second-order valence-corrected chi connectivity index (χ2v) is 6.35. The molecular weight excluding hydrogens is 364 g/mol. The third-order valence-corrected chi connectivity index (χ3v) is 4.27. The van der Waals surface area contributed by atoms with Gasteiger partial charge in [0, 0.05) is 20.7 Å². The Morgan fingerprint density at radius 3 is 2.55 bits per heavy atom. The number of rotatable bonds is 3. The largest absolute Gasteiger partial charge is 0.390 e. The van der Waals surface area contributed by atoms with Crippen molar-refractivity contribution < 1.29 is 5.11 Å². The highest BCUT2D eigenvalue weighted by molar-refractivity contribution is 9.10. The third kappa shape index (κ3) is 2.82. The average molecular weight is 378 g/mol. The van der Waals surface area contributed by atoms with E-state index in [0.717, 1.165) is 32.8 Å². The van der Waals surface area contributed by atoms with E-state index >= 15 is 0 Å². The second-order valence-electron chi connectivity index (χ2n) is 5.00. The molecule has 0 saturated heterocycles. The predicted molar refractivity (Wildman–Crippen MR) is 92.4 cm³/mol. The van der Waals surface area contributed by atoms with Gasteiger partial charge in [0.05, 0.1) is 18.5 Å². The van der Waals surface area contributed by atoms with Crippen LogP contribution in [-0.2, 0) is 6.61 Å². The highest BCUT2D eigenvalue weighted by Crippen LogP contribution is 2.29. The summed E-state index contributed by atoms with van der Waals surface area (Å²) in [6, 6.07) is 13.6. The number of imidazole rings is 1. The molecule has 0 amide bonds. The Hall–Kier alpha value is -1.62. The number of nitrogens with zero attached hydrogens (tertiary/aromatic N) is 2. The monoisotopic (exact) mass is 376 g/mol. The molecule has 3 nitrogen and oxygen atoms in total. The van der Waals surface area contributed by atoms with Crippen LogP contribution < -0.4 is 0 Å². The Balaban J connectivity index is 2.21. The fraction of sp³-hybridized carbons (Fsp3) is 0.118. The van der Waals surface area contributed by atoms with Crippen LogP contribution in [0.3, 0.4) is 0 Å². The van der Waals surface area contributed by atoms with Crippen LogP contribution in [0.5, 0.6) is 0 Å². The van der Waals surface area contributed by atoms with Gasteiger partial charge in [-0.3, -0.25) is 4.57 Å². The van der Waals surface area contributed by atoms with Gasteiger partial charge in [0.1, 0.15) is 5.82 Å². The molecule has 0 saturated carbocycles. The molecule has 1 N–H and O–H groups in total. The third-order valence-electron chi connectivity index (χ3n) is 3.51. The van der Waals surface area contributed by atoms with Crippen molar-refractivity contribution >= 4 is 27.5 Å². The first-order chi connectivity index (χ1) is 10.6. The molecule has 3 aromatic rings. The van der Waals surface area contributed by atoms with Gasteiger partial charge in [0.25, 0.3) is 0 Å². The van der Waals surface area contributed by atoms with Crippen LogP contribution in [0, 0.1) is 6.92 Å². The van der Waals surface area contributed by atoms with E-state index in [4.69, 9.17) is 11.6 Å². The zero-order chi connectivity index (χ0) is 15.7. The van der Waals surface area contributed by atoms with E-state index in [1.165, 1.54) is 0 Å². The smallest absolute Gasteiger partial charge is 0.145 e. The van der Waals surface area contributed by atoms with Crippen LogP contribution in [0.15, 0.2) is 53.1 Å². The van der Waals surface area contributed by atoms with Gasteiger partial charge >= 0.3 is 0 Å². The molecule has 0 aliphatic carbocycles. The van der Waals surface area contributed by atoms with Gasteiger partial charge in [-0.2, -0.15) is 0 Å². The van der Waals surface area contributed by atoms with Crippen molar-refractivity contribution in [1.29, 1.82) is 0 Å². The maximum absolute atomic E-state index is 9.62. The summed E-state index contributed by atoms with van der Waals surface area (Å²) < 4.78 is 2.97. The van der Waals surface area contributed by atoms with Crippen LogP contribution in [0.2, 0.25) is 5.02 Å². The van der Waals surface area contributed by atoms with Gasteiger partial charge in [-0.05, 0) is 55.0 Å².